The van der Waals surface area contributed by atoms with Crippen LogP contribution in [0.2, 0.25) is 0 Å². The van der Waals surface area contributed by atoms with E-state index in [-0.39, 0.29) is 11.9 Å². The number of anilines is 1. The molecular formula is C17H18N2O. The van der Waals surface area contributed by atoms with Crippen molar-refractivity contribution < 1.29 is 4.79 Å². The lowest BCUT2D eigenvalue weighted by molar-refractivity contribution is -0.115. The molecule has 3 nitrogen and oxygen atoms in total. The molecule has 1 aliphatic rings. The first-order valence-electron chi connectivity index (χ1n) is 6.80. The Morgan fingerprint density at radius 1 is 1.15 bits per heavy atom. The lowest BCUT2D eigenvalue weighted by atomic mass is 9.93. The maximum Gasteiger partial charge on any atom is 0.228 e. The van der Waals surface area contributed by atoms with Gasteiger partial charge in [0, 0.05) is 5.69 Å². The third-order valence-electron chi connectivity index (χ3n) is 3.88. The molecule has 0 fully saturated rings. The predicted octanol–water partition coefficient (Wildman–Crippen LogP) is 2.85. The summed E-state index contributed by atoms with van der Waals surface area (Å²) in [7, 11) is 0. The summed E-state index contributed by atoms with van der Waals surface area (Å²) in [6, 6.07) is 12.2. The van der Waals surface area contributed by atoms with Crippen LogP contribution in [-0.4, -0.2) is 5.91 Å². The number of nitrogens with two attached hydrogens (primary N) is 1. The van der Waals surface area contributed by atoms with E-state index in [1.807, 2.05) is 18.2 Å². The minimum absolute atomic E-state index is 0.0532. The van der Waals surface area contributed by atoms with E-state index in [0.29, 0.717) is 6.42 Å². The highest BCUT2D eigenvalue weighted by Crippen LogP contribution is 2.29. The number of fused-ring (bicyclic) bond motifs is 1. The summed E-state index contributed by atoms with van der Waals surface area (Å²) >= 11 is 0. The van der Waals surface area contributed by atoms with Crippen LogP contribution in [0.1, 0.15) is 33.9 Å². The molecule has 0 aliphatic carbocycles. The Bertz CT molecular complexity index is 691. The fraction of sp³-hybridized carbons (Fsp3) is 0.235. The topological polar surface area (TPSA) is 55.1 Å². The number of aryl methyl sites for hydroxylation is 2. The first-order chi connectivity index (χ1) is 9.54. The van der Waals surface area contributed by atoms with Gasteiger partial charge < -0.3 is 11.1 Å². The molecule has 0 saturated heterocycles. The monoisotopic (exact) mass is 266 g/mol. The zero-order chi connectivity index (χ0) is 14.3. The van der Waals surface area contributed by atoms with Crippen molar-refractivity contribution in [3.8, 4) is 0 Å². The zero-order valence-corrected chi connectivity index (χ0v) is 11.7. The molecule has 1 amide bonds. The summed E-state index contributed by atoms with van der Waals surface area (Å²) in [6.45, 7) is 4.15. The molecule has 2 aromatic carbocycles. The van der Waals surface area contributed by atoms with E-state index in [1.165, 1.54) is 11.1 Å². The molecule has 3 heteroatoms. The molecule has 3 rings (SSSR count). The quantitative estimate of drug-likeness (QED) is 0.878. The van der Waals surface area contributed by atoms with Gasteiger partial charge in [0.15, 0.2) is 0 Å². The summed E-state index contributed by atoms with van der Waals surface area (Å²) < 4.78 is 0. The highest BCUT2D eigenvalue weighted by molar-refractivity contribution is 5.99. The van der Waals surface area contributed by atoms with E-state index in [1.54, 1.807) is 0 Å². The number of carbonyl (C=O) groups is 1. The van der Waals surface area contributed by atoms with E-state index >= 15 is 0 Å². The van der Waals surface area contributed by atoms with Crippen LogP contribution in [0.4, 0.5) is 5.69 Å². The molecule has 1 atom stereocenters. The van der Waals surface area contributed by atoms with Crippen LogP contribution < -0.4 is 11.1 Å². The highest BCUT2D eigenvalue weighted by atomic mass is 16.1. The Morgan fingerprint density at radius 3 is 2.75 bits per heavy atom. The van der Waals surface area contributed by atoms with E-state index in [4.69, 9.17) is 5.73 Å². The third-order valence-corrected chi connectivity index (χ3v) is 3.88. The van der Waals surface area contributed by atoms with Gasteiger partial charge in [0.1, 0.15) is 0 Å². The van der Waals surface area contributed by atoms with Gasteiger partial charge in [-0.05, 0) is 42.2 Å². The van der Waals surface area contributed by atoms with Crippen molar-refractivity contribution >= 4 is 11.6 Å². The average Bonchev–Trinajstić information content (AvgIpc) is 2.79. The average molecular weight is 266 g/mol. The van der Waals surface area contributed by atoms with E-state index in [0.717, 1.165) is 22.4 Å². The summed E-state index contributed by atoms with van der Waals surface area (Å²) in [5.41, 5.74) is 12.9. The summed E-state index contributed by atoms with van der Waals surface area (Å²) in [5, 5.41) is 2.84. The minimum Gasteiger partial charge on any atom is -0.326 e. The number of amides is 1. The number of hydrogen-bond acceptors (Lipinski definition) is 2. The standard InChI is InChI=1S/C17H18N2O/c1-10-3-4-11(2)14(7-10)17(18)12-5-6-15-13(8-12)9-16(20)19-15/h3-8,17H,9,18H2,1-2H3,(H,19,20). The third kappa shape index (κ3) is 2.21. The Hall–Kier alpha value is -2.13. The second kappa shape index (κ2) is 4.76. The van der Waals surface area contributed by atoms with E-state index in [9.17, 15) is 4.79 Å². The molecule has 20 heavy (non-hydrogen) atoms. The Kier molecular flexibility index (Phi) is 3.07. The fourth-order valence-electron chi connectivity index (χ4n) is 2.72. The van der Waals surface area contributed by atoms with Crippen LogP contribution in [-0.2, 0) is 11.2 Å². The van der Waals surface area contributed by atoms with Gasteiger partial charge in [-0.15, -0.1) is 0 Å². The number of carbonyl (C=O) groups excluding carboxylic acids is 1. The molecule has 0 aromatic heterocycles. The smallest absolute Gasteiger partial charge is 0.228 e. The second-order valence-electron chi connectivity index (χ2n) is 5.48. The van der Waals surface area contributed by atoms with Crippen molar-refractivity contribution in [2.24, 2.45) is 5.73 Å². The first kappa shape index (κ1) is 12.9. The van der Waals surface area contributed by atoms with Crippen LogP contribution in [0, 0.1) is 13.8 Å². The van der Waals surface area contributed by atoms with Gasteiger partial charge in [-0.25, -0.2) is 0 Å². The molecule has 0 bridgehead atoms. The molecule has 1 heterocycles. The Balaban J connectivity index is 1.99. The fourth-order valence-corrected chi connectivity index (χ4v) is 2.72. The summed E-state index contributed by atoms with van der Waals surface area (Å²) in [5.74, 6) is 0.0532. The molecular weight excluding hydrogens is 248 g/mol. The van der Waals surface area contributed by atoms with Crippen molar-refractivity contribution in [2.45, 2.75) is 26.3 Å². The number of rotatable bonds is 2. The van der Waals surface area contributed by atoms with Gasteiger partial charge in [-0.1, -0.05) is 35.9 Å². The lowest BCUT2D eigenvalue weighted by Crippen LogP contribution is -2.13. The zero-order valence-electron chi connectivity index (χ0n) is 11.7. The van der Waals surface area contributed by atoms with Crippen LogP contribution >= 0.6 is 0 Å². The van der Waals surface area contributed by atoms with Crippen LogP contribution in [0.5, 0.6) is 0 Å². The summed E-state index contributed by atoms with van der Waals surface area (Å²) in [6.07, 6.45) is 0.447. The van der Waals surface area contributed by atoms with Crippen molar-refractivity contribution in [1.29, 1.82) is 0 Å². The predicted molar refractivity (Wildman–Crippen MR) is 80.7 cm³/mol. The van der Waals surface area contributed by atoms with Gasteiger partial charge in [0.2, 0.25) is 5.91 Å². The van der Waals surface area contributed by atoms with Gasteiger partial charge in [0.25, 0.3) is 0 Å². The van der Waals surface area contributed by atoms with Crippen molar-refractivity contribution in [2.75, 3.05) is 5.32 Å². The first-order valence-corrected chi connectivity index (χ1v) is 6.80. The van der Waals surface area contributed by atoms with Crippen LogP contribution in [0.25, 0.3) is 0 Å². The SMILES string of the molecule is Cc1ccc(C)c(C(N)c2ccc3c(c2)CC(=O)N3)c1. The van der Waals surface area contributed by atoms with Crippen molar-refractivity contribution in [3.05, 3.63) is 64.2 Å². The van der Waals surface area contributed by atoms with Gasteiger partial charge in [0.05, 0.1) is 12.5 Å². The minimum atomic E-state index is -0.157. The molecule has 0 spiro atoms. The van der Waals surface area contributed by atoms with E-state index < -0.39 is 0 Å². The van der Waals surface area contributed by atoms with Gasteiger partial charge >= 0.3 is 0 Å². The molecule has 1 unspecified atom stereocenters. The van der Waals surface area contributed by atoms with Crippen LogP contribution in [0.15, 0.2) is 36.4 Å². The highest BCUT2D eigenvalue weighted by Gasteiger charge is 2.20. The van der Waals surface area contributed by atoms with Crippen LogP contribution in [0.3, 0.4) is 0 Å². The van der Waals surface area contributed by atoms with Gasteiger partial charge in [-0.2, -0.15) is 0 Å². The lowest BCUT2D eigenvalue weighted by Gasteiger charge is -2.17. The Morgan fingerprint density at radius 2 is 1.95 bits per heavy atom. The largest absolute Gasteiger partial charge is 0.326 e. The molecule has 2 aromatic rings. The maximum atomic E-state index is 11.4. The number of benzene rings is 2. The molecule has 3 N–H and O–H groups in total. The maximum absolute atomic E-state index is 11.4. The normalized spacial score (nSPS) is 14.8. The molecule has 0 saturated carbocycles. The molecule has 102 valence electrons. The second-order valence-corrected chi connectivity index (χ2v) is 5.48. The molecule has 1 aliphatic heterocycles. The summed E-state index contributed by atoms with van der Waals surface area (Å²) in [4.78, 5) is 11.4. The number of hydrogen-bond donors (Lipinski definition) is 2. The molecule has 0 radical (unpaired) electrons. The Labute approximate surface area is 118 Å². The van der Waals surface area contributed by atoms with E-state index in [2.05, 4.69) is 37.4 Å². The van der Waals surface area contributed by atoms with Gasteiger partial charge in [-0.3, -0.25) is 4.79 Å². The number of nitrogens with one attached hydrogen (secondary N) is 1. The van der Waals surface area contributed by atoms with Crippen molar-refractivity contribution in [3.63, 3.8) is 0 Å². The van der Waals surface area contributed by atoms with Crippen molar-refractivity contribution in [1.82, 2.24) is 0 Å².